The number of hydrogen-bond donors (Lipinski definition) is 0. The predicted molar refractivity (Wildman–Crippen MR) is 85.7 cm³/mol. The average Bonchev–Trinajstić information content (AvgIpc) is 2.97. The first-order chi connectivity index (χ1) is 10.2. The Hall–Kier alpha value is -2.20. The van der Waals surface area contributed by atoms with Crippen molar-refractivity contribution in [3.05, 3.63) is 52.4 Å². The van der Waals surface area contributed by atoms with E-state index in [0.29, 0.717) is 0 Å². The van der Waals surface area contributed by atoms with Crippen LogP contribution in [-0.4, -0.2) is 28.9 Å². The summed E-state index contributed by atoms with van der Waals surface area (Å²) in [5.41, 5.74) is 3.05. The summed E-state index contributed by atoms with van der Waals surface area (Å²) in [6.07, 6.45) is 3.94. The van der Waals surface area contributed by atoms with Crippen LogP contribution in [0, 0.1) is 6.92 Å². The SMILES string of the molecule is Cc1ncc2c(n1)N1CCN=C1C(c1ccccc1Cl)=C2. The molecule has 4 nitrogen and oxygen atoms in total. The summed E-state index contributed by atoms with van der Waals surface area (Å²) in [5, 5.41) is 0.731. The Kier molecular flexibility index (Phi) is 2.79. The van der Waals surface area contributed by atoms with Gasteiger partial charge in [-0.05, 0) is 19.1 Å². The Morgan fingerprint density at radius 1 is 1.24 bits per heavy atom. The van der Waals surface area contributed by atoms with E-state index in [1.165, 1.54) is 0 Å². The van der Waals surface area contributed by atoms with Crippen molar-refractivity contribution in [2.45, 2.75) is 6.92 Å². The summed E-state index contributed by atoms with van der Waals surface area (Å²) in [4.78, 5) is 15.7. The molecule has 5 heteroatoms. The number of anilines is 1. The summed E-state index contributed by atoms with van der Waals surface area (Å²) < 4.78 is 0. The van der Waals surface area contributed by atoms with E-state index in [1.54, 1.807) is 0 Å². The molecule has 0 N–H and O–H groups in total. The van der Waals surface area contributed by atoms with Gasteiger partial charge in [0.1, 0.15) is 17.5 Å². The Balaban J connectivity index is 1.95. The number of aryl methyl sites for hydroxylation is 1. The lowest BCUT2D eigenvalue weighted by Crippen LogP contribution is -2.32. The zero-order valence-corrected chi connectivity index (χ0v) is 12.3. The minimum atomic E-state index is 0.731. The van der Waals surface area contributed by atoms with E-state index >= 15 is 0 Å². The monoisotopic (exact) mass is 296 g/mol. The first-order valence-electron chi connectivity index (χ1n) is 6.86. The molecule has 0 amide bonds. The van der Waals surface area contributed by atoms with Crippen molar-refractivity contribution in [3.8, 4) is 0 Å². The largest absolute Gasteiger partial charge is 0.308 e. The van der Waals surface area contributed by atoms with Gasteiger partial charge in [0.05, 0.1) is 6.54 Å². The number of amidine groups is 1. The van der Waals surface area contributed by atoms with Gasteiger partial charge in [0.15, 0.2) is 0 Å². The molecular weight excluding hydrogens is 284 g/mol. The second kappa shape index (κ2) is 4.67. The highest BCUT2D eigenvalue weighted by molar-refractivity contribution is 6.40. The van der Waals surface area contributed by atoms with E-state index in [2.05, 4.69) is 25.9 Å². The molecule has 0 radical (unpaired) electrons. The Morgan fingerprint density at radius 3 is 2.95 bits per heavy atom. The minimum absolute atomic E-state index is 0.731. The minimum Gasteiger partial charge on any atom is -0.308 e. The zero-order chi connectivity index (χ0) is 14.4. The lowest BCUT2D eigenvalue weighted by Gasteiger charge is -2.27. The molecule has 1 aromatic heterocycles. The molecule has 0 atom stereocenters. The fourth-order valence-electron chi connectivity index (χ4n) is 2.77. The molecule has 21 heavy (non-hydrogen) atoms. The van der Waals surface area contributed by atoms with Gasteiger partial charge >= 0.3 is 0 Å². The van der Waals surface area contributed by atoms with Crippen LogP contribution in [0.4, 0.5) is 5.82 Å². The van der Waals surface area contributed by atoms with Crippen molar-refractivity contribution in [3.63, 3.8) is 0 Å². The molecular formula is C16H13ClN4. The van der Waals surface area contributed by atoms with Crippen LogP contribution in [-0.2, 0) is 0 Å². The van der Waals surface area contributed by atoms with E-state index in [4.69, 9.17) is 11.6 Å². The number of fused-ring (bicyclic) bond motifs is 3. The molecule has 2 aliphatic heterocycles. The third-order valence-electron chi connectivity index (χ3n) is 3.72. The maximum atomic E-state index is 6.35. The Bertz CT molecular complexity index is 795. The molecule has 0 saturated heterocycles. The van der Waals surface area contributed by atoms with Crippen LogP contribution in [0.1, 0.15) is 17.0 Å². The van der Waals surface area contributed by atoms with Crippen molar-refractivity contribution in [2.24, 2.45) is 4.99 Å². The van der Waals surface area contributed by atoms with E-state index in [1.807, 2.05) is 37.4 Å². The summed E-state index contributed by atoms with van der Waals surface area (Å²) in [5.74, 6) is 2.66. The average molecular weight is 297 g/mol. The Morgan fingerprint density at radius 2 is 2.10 bits per heavy atom. The predicted octanol–water partition coefficient (Wildman–Crippen LogP) is 3.21. The summed E-state index contributed by atoms with van der Waals surface area (Å²) in [6, 6.07) is 7.85. The second-order valence-corrected chi connectivity index (χ2v) is 5.50. The Labute approximate surface area is 127 Å². The van der Waals surface area contributed by atoms with Gasteiger partial charge in [-0.1, -0.05) is 29.8 Å². The fourth-order valence-corrected chi connectivity index (χ4v) is 3.00. The molecule has 104 valence electrons. The topological polar surface area (TPSA) is 41.4 Å². The van der Waals surface area contributed by atoms with Crippen LogP contribution in [0.25, 0.3) is 11.6 Å². The molecule has 0 saturated carbocycles. The number of rotatable bonds is 1. The number of nitrogens with zero attached hydrogens (tertiary/aromatic N) is 4. The van der Waals surface area contributed by atoms with Crippen LogP contribution < -0.4 is 4.90 Å². The highest BCUT2D eigenvalue weighted by Crippen LogP contribution is 2.36. The standard InChI is InChI=1S/C16H13ClN4/c1-10-19-9-11-8-13(12-4-2-3-5-14(12)17)16-18-6-7-21(16)15(11)20-10/h2-5,8-9H,6-7H2,1H3. The van der Waals surface area contributed by atoms with Gasteiger partial charge in [-0.15, -0.1) is 0 Å². The number of benzene rings is 1. The maximum Gasteiger partial charge on any atom is 0.145 e. The number of halogens is 1. The van der Waals surface area contributed by atoms with Crippen LogP contribution in [0.3, 0.4) is 0 Å². The fraction of sp³-hybridized carbons (Fsp3) is 0.188. The highest BCUT2D eigenvalue weighted by atomic mass is 35.5. The molecule has 0 unspecified atom stereocenters. The third kappa shape index (κ3) is 1.94. The van der Waals surface area contributed by atoms with Crippen LogP contribution in [0.2, 0.25) is 5.02 Å². The molecule has 4 rings (SSSR count). The molecule has 2 aromatic rings. The summed E-state index contributed by atoms with van der Waals surface area (Å²) >= 11 is 6.35. The summed E-state index contributed by atoms with van der Waals surface area (Å²) in [7, 11) is 0. The molecule has 2 aliphatic rings. The van der Waals surface area contributed by atoms with Crippen molar-refractivity contribution < 1.29 is 0 Å². The normalized spacial score (nSPS) is 16.2. The first kappa shape index (κ1) is 12.5. The van der Waals surface area contributed by atoms with E-state index in [0.717, 1.165) is 52.3 Å². The highest BCUT2D eigenvalue weighted by Gasteiger charge is 2.30. The molecule has 0 aliphatic carbocycles. The van der Waals surface area contributed by atoms with E-state index in [-0.39, 0.29) is 0 Å². The van der Waals surface area contributed by atoms with Crippen molar-refractivity contribution in [1.82, 2.24) is 9.97 Å². The maximum absolute atomic E-state index is 6.35. The second-order valence-electron chi connectivity index (χ2n) is 5.09. The lowest BCUT2D eigenvalue weighted by molar-refractivity contribution is 0.961. The summed E-state index contributed by atoms with van der Waals surface area (Å²) in [6.45, 7) is 3.53. The smallest absolute Gasteiger partial charge is 0.145 e. The van der Waals surface area contributed by atoms with Gasteiger partial charge in [-0.3, -0.25) is 4.99 Å². The molecule has 0 spiro atoms. The van der Waals surface area contributed by atoms with Gasteiger partial charge in [-0.25, -0.2) is 9.97 Å². The van der Waals surface area contributed by atoms with Crippen molar-refractivity contribution in [2.75, 3.05) is 18.0 Å². The number of hydrogen-bond acceptors (Lipinski definition) is 4. The number of aliphatic imine (C=N–C) groups is 1. The van der Waals surface area contributed by atoms with Crippen molar-refractivity contribution in [1.29, 1.82) is 0 Å². The van der Waals surface area contributed by atoms with Gasteiger partial charge in [-0.2, -0.15) is 0 Å². The third-order valence-corrected chi connectivity index (χ3v) is 4.05. The van der Waals surface area contributed by atoms with Gasteiger partial charge in [0, 0.05) is 34.5 Å². The molecule has 0 bridgehead atoms. The first-order valence-corrected chi connectivity index (χ1v) is 7.24. The van der Waals surface area contributed by atoms with E-state index < -0.39 is 0 Å². The quantitative estimate of drug-likeness (QED) is 0.811. The van der Waals surface area contributed by atoms with E-state index in [9.17, 15) is 0 Å². The van der Waals surface area contributed by atoms with Crippen LogP contribution in [0.15, 0.2) is 35.5 Å². The molecule has 3 heterocycles. The van der Waals surface area contributed by atoms with Crippen LogP contribution >= 0.6 is 11.6 Å². The zero-order valence-electron chi connectivity index (χ0n) is 11.5. The van der Waals surface area contributed by atoms with Crippen molar-refractivity contribution >= 4 is 34.9 Å². The molecule has 1 aromatic carbocycles. The molecule has 0 fully saturated rings. The van der Waals surface area contributed by atoms with Crippen LogP contribution in [0.5, 0.6) is 0 Å². The van der Waals surface area contributed by atoms with Gasteiger partial charge in [0.25, 0.3) is 0 Å². The lowest BCUT2D eigenvalue weighted by atomic mass is 9.98. The number of aromatic nitrogens is 2. The van der Waals surface area contributed by atoms with Gasteiger partial charge in [0.2, 0.25) is 0 Å². The van der Waals surface area contributed by atoms with Gasteiger partial charge < -0.3 is 4.90 Å².